The van der Waals surface area contributed by atoms with Crippen LogP contribution in [0.3, 0.4) is 0 Å². The number of ether oxygens (including phenoxy) is 1. The fourth-order valence-electron chi connectivity index (χ4n) is 2.23. The monoisotopic (exact) mass is 287 g/mol. The summed E-state index contributed by atoms with van der Waals surface area (Å²) in [4.78, 5) is 11.4. The Labute approximate surface area is 127 Å². The van der Waals surface area contributed by atoms with Crippen molar-refractivity contribution in [2.24, 2.45) is 5.92 Å². The molecule has 0 radical (unpaired) electrons. The van der Waals surface area contributed by atoms with E-state index >= 15 is 0 Å². The van der Waals surface area contributed by atoms with Gasteiger partial charge >= 0.3 is 5.97 Å². The summed E-state index contributed by atoms with van der Waals surface area (Å²) < 4.78 is 4.71. The summed E-state index contributed by atoms with van der Waals surface area (Å²) in [5, 5.41) is 8.26. The number of methoxy groups -OCH3 is 1. The maximum Gasteiger partial charge on any atom is 0.306 e. The number of benzene rings is 1. The molecule has 1 aromatic rings. The lowest BCUT2D eigenvalue weighted by molar-refractivity contribution is -0.141. The molecule has 1 rings (SSSR count). The summed E-state index contributed by atoms with van der Waals surface area (Å²) in [6.45, 7) is 8.16. The standard InChI is InChI=1S/C18H25NO2/c1-6-15(14(4)10-18(20)21-5)11-17(19)16-8-7-12(2)13(3)9-16/h7-9,11,14,19H,6,10H2,1-5H3. The van der Waals surface area contributed by atoms with Crippen LogP contribution in [0.1, 0.15) is 43.4 Å². The Balaban J connectivity index is 2.93. The van der Waals surface area contributed by atoms with Crippen LogP contribution in [0.5, 0.6) is 0 Å². The van der Waals surface area contributed by atoms with Crippen LogP contribution in [-0.4, -0.2) is 18.8 Å². The van der Waals surface area contributed by atoms with Crippen LogP contribution in [0.25, 0.3) is 0 Å². The average molecular weight is 287 g/mol. The zero-order valence-corrected chi connectivity index (χ0v) is 13.6. The van der Waals surface area contributed by atoms with Crippen LogP contribution >= 0.6 is 0 Å². The van der Waals surface area contributed by atoms with Crippen molar-refractivity contribution in [1.82, 2.24) is 0 Å². The Morgan fingerprint density at radius 2 is 2.00 bits per heavy atom. The van der Waals surface area contributed by atoms with Gasteiger partial charge in [-0.1, -0.05) is 31.6 Å². The molecule has 3 heteroatoms. The van der Waals surface area contributed by atoms with E-state index in [0.717, 1.165) is 17.6 Å². The molecule has 0 aliphatic carbocycles. The molecule has 0 bridgehead atoms. The molecule has 21 heavy (non-hydrogen) atoms. The highest BCUT2D eigenvalue weighted by atomic mass is 16.5. The molecular weight excluding hydrogens is 262 g/mol. The first-order valence-corrected chi connectivity index (χ1v) is 7.32. The average Bonchev–Trinajstić information content (AvgIpc) is 2.46. The summed E-state index contributed by atoms with van der Waals surface area (Å²) in [6.07, 6.45) is 3.07. The quantitative estimate of drug-likeness (QED) is 0.629. The summed E-state index contributed by atoms with van der Waals surface area (Å²) in [5.41, 5.74) is 4.92. The van der Waals surface area contributed by atoms with E-state index in [2.05, 4.69) is 13.8 Å². The maximum atomic E-state index is 11.4. The molecule has 0 saturated heterocycles. The lowest BCUT2D eigenvalue weighted by Gasteiger charge is -2.14. The van der Waals surface area contributed by atoms with E-state index < -0.39 is 0 Å². The number of hydrogen-bond acceptors (Lipinski definition) is 3. The highest BCUT2D eigenvalue weighted by Crippen LogP contribution is 2.20. The van der Waals surface area contributed by atoms with E-state index in [-0.39, 0.29) is 11.9 Å². The van der Waals surface area contributed by atoms with Crippen LogP contribution < -0.4 is 0 Å². The fourth-order valence-corrected chi connectivity index (χ4v) is 2.23. The minimum absolute atomic E-state index is 0.0920. The van der Waals surface area contributed by atoms with Crippen LogP contribution in [0, 0.1) is 25.2 Å². The third-order valence-electron chi connectivity index (χ3n) is 3.89. The lowest BCUT2D eigenvalue weighted by atomic mass is 9.92. The minimum Gasteiger partial charge on any atom is -0.469 e. The Bertz CT molecular complexity index is 558. The zero-order chi connectivity index (χ0) is 16.0. The highest BCUT2D eigenvalue weighted by Gasteiger charge is 2.13. The van der Waals surface area contributed by atoms with Crippen molar-refractivity contribution in [3.05, 3.63) is 46.5 Å². The van der Waals surface area contributed by atoms with Gasteiger partial charge in [-0.05, 0) is 55.0 Å². The molecule has 1 unspecified atom stereocenters. The Morgan fingerprint density at radius 3 is 2.52 bits per heavy atom. The van der Waals surface area contributed by atoms with Crippen molar-refractivity contribution < 1.29 is 9.53 Å². The molecule has 0 aliphatic rings. The summed E-state index contributed by atoms with van der Waals surface area (Å²) in [5.74, 6) is -0.117. The fraction of sp³-hybridized carbons (Fsp3) is 0.444. The van der Waals surface area contributed by atoms with Gasteiger partial charge < -0.3 is 10.1 Å². The molecule has 0 fully saturated rings. The number of nitrogens with one attached hydrogen (secondary N) is 1. The van der Waals surface area contributed by atoms with Crippen molar-refractivity contribution >= 4 is 11.7 Å². The summed E-state index contributed by atoms with van der Waals surface area (Å²) >= 11 is 0. The topological polar surface area (TPSA) is 50.2 Å². The predicted octanol–water partition coefficient (Wildman–Crippen LogP) is 4.21. The van der Waals surface area contributed by atoms with Crippen LogP contribution in [0.2, 0.25) is 0 Å². The summed E-state index contributed by atoms with van der Waals surface area (Å²) in [7, 11) is 1.40. The van der Waals surface area contributed by atoms with E-state index in [4.69, 9.17) is 10.1 Å². The molecule has 0 aliphatic heterocycles. The highest BCUT2D eigenvalue weighted by molar-refractivity contribution is 6.07. The molecule has 0 aromatic heterocycles. The third-order valence-corrected chi connectivity index (χ3v) is 3.89. The molecule has 1 aromatic carbocycles. The van der Waals surface area contributed by atoms with E-state index in [1.807, 2.05) is 38.1 Å². The van der Waals surface area contributed by atoms with Crippen molar-refractivity contribution in [3.8, 4) is 0 Å². The Kier molecular flexibility index (Phi) is 6.35. The second kappa shape index (κ2) is 7.77. The van der Waals surface area contributed by atoms with Crippen molar-refractivity contribution in [2.75, 3.05) is 7.11 Å². The van der Waals surface area contributed by atoms with Gasteiger partial charge in [-0.15, -0.1) is 0 Å². The lowest BCUT2D eigenvalue weighted by Crippen LogP contribution is -2.10. The SMILES string of the molecule is CCC(=CC(=N)c1ccc(C)c(C)c1)C(C)CC(=O)OC. The predicted molar refractivity (Wildman–Crippen MR) is 86.9 cm³/mol. The molecule has 0 spiro atoms. The second-order valence-electron chi connectivity index (χ2n) is 5.47. The number of esters is 1. The van der Waals surface area contributed by atoms with Crippen molar-refractivity contribution in [3.63, 3.8) is 0 Å². The molecule has 1 atom stereocenters. The first-order valence-electron chi connectivity index (χ1n) is 7.32. The van der Waals surface area contributed by atoms with Crippen molar-refractivity contribution in [1.29, 1.82) is 5.41 Å². The van der Waals surface area contributed by atoms with E-state index in [9.17, 15) is 4.79 Å². The molecular formula is C18H25NO2. The van der Waals surface area contributed by atoms with Gasteiger partial charge in [-0.2, -0.15) is 0 Å². The Hall–Kier alpha value is -1.90. The molecule has 0 amide bonds. The second-order valence-corrected chi connectivity index (χ2v) is 5.47. The third kappa shape index (κ3) is 4.85. The van der Waals surface area contributed by atoms with Gasteiger partial charge in [-0.3, -0.25) is 4.79 Å². The molecule has 0 saturated carbocycles. The van der Waals surface area contributed by atoms with E-state index in [0.29, 0.717) is 12.1 Å². The zero-order valence-electron chi connectivity index (χ0n) is 13.6. The number of carbonyl (C=O) groups is 1. The molecule has 114 valence electrons. The van der Waals surface area contributed by atoms with Gasteiger partial charge in [0.25, 0.3) is 0 Å². The first kappa shape index (κ1) is 17.2. The van der Waals surface area contributed by atoms with E-state index in [1.165, 1.54) is 18.2 Å². The van der Waals surface area contributed by atoms with Crippen LogP contribution in [-0.2, 0) is 9.53 Å². The largest absolute Gasteiger partial charge is 0.469 e. The van der Waals surface area contributed by atoms with Gasteiger partial charge in [0.2, 0.25) is 0 Å². The van der Waals surface area contributed by atoms with Gasteiger partial charge in [0, 0.05) is 0 Å². The number of rotatable bonds is 6. The van der Waals surface area contributed by atoms with Crippen LogP contribution in [0.4, 0.5) is 0 Å². The number of hydrogen-bond donors (Lipinski definition) is 1. The maximum absolute atomic E-state index is 11.4. The minimum atomic E-state index is -0.209. The van der Waals surface area contributed by atoms with Gasteiger partial charge in [-0.25, -0.2) is 0 Å². The smallest absolute Gasteiger partial charge is 0.306 e. The molecule has 1 N–H and O–H groups in total. The number of allylic oxidation sites excluding steroid dienone is 2. The van der Waals surface area contributed by atoms with Crippen molar-refractivity contribution in [2.45, 2.75) is 40.5 Å². The Morgan fingerprint density at radius 1 is 1.33 bits per heavy atom. The number of aryl methyl sites for hydroxylation is 2. The normalized spacial score (nSPS) is 12.9. The van der Waals surface area contributed by atoms with Gasteiger partial charge in [0.15, 0.2) is 0 Å². The van der Waals surface area contributed by atoms with Gasteiger partial charge in [0.1, 0.15) is 0 Å². The number of carbonyl (C=O) groups excluding carboxylic acids is 1. The first-order chi connectivity index (χ1) is 9.88. The van der Waals surface area contributed by atoms with Gasteiger partial charge in [0.05, 0.1) is 19.2 Å². The van der Waals surface area contributed by atoms with E-state index in [1.54, 1.807) is 0 Å². The molecule has 3 nitrogen and oxygen atoms in total. The summed E-state index contributed by atoms with van der Waals surface area (Å²) in [6, 6.07) is 6.04. The van der Waals surface area contributed by atoms with Crippen LogP contribution in [0.15, 0.2) is 29.8 Å². The molecule has 0 heterocycles.